The fraction of sp³-hybridized carbons (Fsp3) is 0.545. The van der Waals surface area contributed by atoms with Crippen molar-refractivity contribution >= 4 is 33.2 Å². The third-order valence-electron chi connectivity index (χ3n) is 7.60. The van der Waals surface area contributed by atoms with Crippen molar-refractivity contribution < 1.29 is 32.3 Å². The number of rotatable bonds is 18. The topological polar surface area (TPSA) is 119 Å². The highest BCUT2D eigenvalue weighted by Crippen LogP contribution is 2.40. The molecule has 0 radical (unpaired) electrons. The number of fused-ring (bicyclic) bond motifs is 1. The zero-order valence-electron chi connectivity index (χ0n) is 26.2. The average molecular weight is 615 g/mol. The first-order valence-electron chi connectivity index (χ1n) is 15.4. The number of sulfone groups is 1. The molecule has 0 bridgehead atoms. The summed E-state index contributed by atoms with van der Waals surface area (Å²) < 4.78 is 36.4. The molecular formula is C33H46N2O7S. The first-order valence-corrected chi connectivity index (χ1v) is 17.4. The molecule has 0 fully saturated rings. The van der Waals surface area contributed by atoms with Crippen LogP contribution in [0.1, 0.15) is 116 Å². The molecule has 2 aromatic carbocycles. The van der Waals surface area contributed by atoms with Crippen LogP contribution in [-0.2, 0) is 21.1 Å². The molecule has 1 atom stereocenters. The number of unbranched alkanes of at least 4 members (excludes halogenated alkanes) is 6. The summed E-state index contributed by atoms with van der Waals surface area (Å²) in [6.45, 7) is 6.22. The number of benzene rings is 2. The maximum absolute atomic E-state index is 14.2. The number of amides is 3. The molecule has 1 aliphatic heterocycles. The summed E-state index contributed by atoms with van der Waals surface area (Å²) >= 11 is 0. The van der Waals surface area contributed by atoms with E-state index in [2.05, 4.69) is 12.2 Å². The van der Waals surface area contributed by atoms with Crippen molar-refractivity contribution in [2.45, 2.75) is 91.0 Å². The Hall–Kier alpha value is -3.40. The van der Waals surface area contributed by atoms with Gasteiger partial charge in [0.15, 0.2) is 11.5 Å². The molecular weight excluding hydrogens is 568 g/mol. The van der Waals surface area contributed by atoms with Crippen molar-refractivity contribution in [2.24, 2.45) is 0 Å². The fourth-order valence-electron chi connectivity index (χ4n) is 5.53. The van der Waals surface area contributed by atoms with Crippen molar-refractivity contribution in [3.63, 3.8) is 0 Å². The van der Waals surface area contributed by atoms with Gasteiger partial charge in [-0.3, -0.25) is 19.3 Å². The molecule has 0 saturated carbocycles. The van der Waals surface area contributed by atoms with Gasteiger partial charge in [0.2, 0.25) is 5.91 Å². The summed E-state index contributed by atoms with van der Waals surface area (Å²) in [7, 11) is -2.15. The lowest BCUT2D eigenvalue weighted by Gasteiger charge is -2.27. The van der Waals surface area contributed by atoms with Crippen molar-refractivity contribution in [2.75, 3.05) is 31.0 Å². The van der Waals surface area contributed by atoms with Crippen molar-refractivity contribution in [1.82, 2.24) is 4.90 Å². The molecule has 0 aliphatic carbocycles. The van der Waals surface area contributed by atoms with Crippen molar-refractivity contribution in [3.8, 4) is 11.5 Å². The lowest BCUT2D eigenvalue weighted by molar-refractivity contribution is -0.116. The molecule has 9 nitrogen and oxygen atoms in total. The van der Waals surface area contributed by atoms with Crippen LogP contribution in [0, 0.1) is 0 Å². The summed E-state index contributed by atoms with van der Waals surface area (Å²) in [6, 6.07) is 7.27. The summed E-state index contributed by atoms with van der Waals surface area (Å²) in [5, 5.41) is 2.81. The van der Waals surface area contributed by atoms with Crippen LogP contribution in [0.15, 0.2) is 30.3 Å². The van der Waals surface area contributed by atoms with E-state index in [4.69, 9.17) is 9.47 Å². The SMILES string of the molecule is CCCCCCCCCc1ccc(NC(=O)CCC)c2c1C(=O)N([C@H](CS(C)(=O)=O)c1ccc(OC)c(OCC)c1)C2=O. The van der Waals surface area contributed by atoms with Crippen LogP contribution >= 0.6 is 0 Å². The zero-order chi connectivity index (χ0) is 31.6. The Morgan fingerprint density at radius 3 is 2.19 bits per heavy atom. The van der Waals surface area contributed by atoms with E-state index >= 15 is 0 Å². The highest BCUT2D eigenvalue weighted by atomic mass is 32.2. The highest BCUT2D eigenvalue weighted by molar-refractivity contribution is 7.90. The second kappa shape index (κ2) is 15.9. The fourth-order valence-corrected chi connectivity index (χ4v) is 6.44. The van der Waals surface area contributed by atoms with Gasteiger partial charge in [0, 0.05) is 12.7 Å². The minimum atomic E-state index is -3.65. The molecule has 2 aromatic rings. The number of ether oxygens (including phenoxy) is 2. The van der Waals surface area contributed by atoms with E-state index in [1.165, 1.54) is 26.4 Å². The minimum absolute atomic E-state index is 0.118. The Morgan fingerprint density at radius 1 is 0.884 bits per heavy atom. The predicted octanol–water partition coefficient (Wildman–Crippen LogP) is 6.51. The number of methoxy groups -OCH3 is 1. The summed E-state index contributed by atoms with van der Waals surface area (Å²) in [6.07, 6.45) is 10.3. The number of imide groups is 1. The number of carbonyl (C=O) groups is 3. The highest BCUT2D eigenvalue weighted by Gasteiger charge is 2.44. The van der Waals surface area contributed by atoms with Gasteiger partial charge >= 0.3 is 0 Å². The standard InChI is InChI=1S/C33H46N2O7S/c1-6-9-10-11-12-13-14-16-23-17-19-25(34-29(36)15-7-2)31-30(23)32(37)35(33(31)38)26(22-43(5,39)40)24-18-20-27(41-4)28(21-24)42-8-3/h17-21,26H,6-16,22H2,1-5H3,(H,34,36)/t26-/m1/s1. The number of nitrogens with zero attached hydrogens (tertiary/aromatic N) is 1. The molecule has 0 unspecified atom stereocenters. The molecule has 1 N–H and O–H groups in total. The molecule has 0 aromatic heterocycles. The number of hydrogen-bond donors (Lipinski definition) is 1. The molecule has 1 heterocycles. The van der Waals surface area contributed by atoms with Crippen LogP contribution in [0.3, 0.4) is 0 Å². The molecule has 0 spiro atoms. The Labute approximate surface area is 256 Å². The van der Waals surface area contributed by atoms with E-state index in [0.717, 1.165) is 42.4 Å². The predicted molar refractivity (Wildman–Crippen MR) is 169 cm³/mol. The second-order valence-electron chi connectivity index (χ2n) is 11.1. The van der Waals surface area contributed by atoms with Crippen LogP contribution in [-0.4, -0.2) is 56.8 Å². The van der Waals surface area contributed by atoms with Gasteiger partial charge in [-0.2, -0.15) is 0 Å². The van der Waals surface area contributed by atoms with E-state index in [-0.39, 0.29) is 29.1 Å². The van der Waals surface area contributed by atoms with Crippen molar-refractivity contribution in [3.05, 3.63) is 52.6 Å². The number of aryl methyl sites for hydroxylation is 1. The van der Waals surface area contributed by atoms with Gasteiger partial charge in [-0.15, -0.1) is 0 Å². The third-order valence-corrected chi connectivity index (χ3v) is 8.52. The first-order chi connectivity index (χ1) is 20.6. The van der Waals surface area contributed by atoms with Gasteiger partial charge in [-0.25, -0.2) is 8.42 Å². The first kappa shape index (κ1) is 34.1. The van der Waals surface area contributed by atoms with E-state index in [9.17, 15) is 22.8 Å². The normalized spacial score (nSPS) is 13.7. The number of hydrogen-bond acceptors (Lipinski definition) is 7. The lowest BCUT2D eigenvalue weighted by Crippen LogP contribution is -2.38. The van der Waals surface area contributed by atoms with Crippen LogP contribution in [0.2, 0.25) is 0 Å². The minimum Gasteiger partial charge on any atom is -0.493 e. The van der Waals surface area contributed by atoms with Gasteiger partial charge in [0.25, 0.3) is 11.8 Å². The molecule has 0 saturated heterocycles. The average Bonchev–Trinajstić information content (AvgIpc) is 3.22. The number of anilines is 1. The van der Waals surface area contributed by atoms with E-state index in [0.29, 0.717) is 36.5 Å². The van der Waals surface area contributed by atoms with Crippen LogP contribution in [0.25, 0.3) is 0 Å². The summed E-state index contributed by atoms with van der Waals surface area (Å²) in [4.78, 5) is 41.9. The quantitative estimate of drug-likeness (QED) is 0.150. The van der Waals surface area contributed by atoms with Crippen LogP contribution in [0.4, 0.5) is 5.69 Å². The third kappa shape index (κ3) is 8.81. The van der Waals surface area contributed by atoms with Gasteiger partial charge in [0.05, 0.1) is 42.3 Å². The van der Waals surface area contributed by atoms with Crippen molar-refractivity contribution in [1.29, 1.82) is 0 Å². The molecule has 1 aliphatic rings. The van der Waals surface area contributed by atoms with Crippen LogP contribution < -0.4 is 14.8 Å². The number of nitrogens with one attached hydrogen (secondary N) is 1. The van der Waals surface area contributed by atoms with Gasteiger partial charge in [-0.1, -0.05) is 64.5 Å². The zero-order valence-corrected chi connectivity index (χ0v) is 27.0. The maximum Gasteiger partial charge on any atom is 0.264 e. The Bertz CT molecular complexity index is 1400. The van der Waals surface area contributed by atoms with E-state index in [1.807, 2.05) is 13.8 Å². The Balaban J connectivity index is 2.05. The molecule has 3 rings (SSSR count). The van der Waals surface area contributed by atoms with E-state index in [1.54, 1.807) is 30.3 Å². The second-order valence-corrected chi connectivity index (χ2v) is 13.3. The number of carbonyl (C=O) groups excluding carboxylic acids is 3. The summed E-state index contributed by atoms with van der Waals surface area (Å²) in [5.41, 5.74) is 1.77. The monoisotopic (exact) mass is 614 g/mol. The molecule has 43 heavy (non-hydrogen) atoms. The van der Waals surface area contributed by atoms with Gasteiger partial charge in [-0.05, 0) is 55.5 Å². The Kier molecular flexibility index (Phi) is 12.6. The van der Waals surface area contributed by atoms with Gasteiger partial charge < -0.3 is 14.8 Å². The molecule has 236 valence electrons. The molecule has 3 amide bonds. The summed E-state index contributed by atoms with van der Waals surface area (Å²) in [5.74, 6) is -1.09. The van der Waals surface area contributed by atoms with E-state index < -0.39 is 33.4 Å². The Morgan fingerprint density at radius 2 is 1.56 bits per heavy atom. The van der Waals surface area contributed by atoms with Crippen LogP contribution in [0.5, 0.6) is 11.5 Å². The molecule has 10 heteroatoms. The maximum atomic E-state index is 14.2. The van der Waals surface area contributed by atoms with Gasteiger partial charge in [0.1, 0.15) is 9.84 Å². The smallest absolute Gasteiger partial charge is 0.264 e. The largest absolute Gasteiger partial charge is 0.493 e. The lowest BCUT2D eigenvalue weighted by atomic mass is 9.96.